The highest BCUT2D eigenvalue weighted by Crippen LogP contribution is 2.39. The largest absolute Gasteiger partial charge is 0.463 e. The molecule has 1 aliphatic rings. The van der Waals surface area contributed by atoms with Gasteiger partial charge in [0.05, 0.1) is 18.0 Å². The lowest BCUT2D eigenvalue weighted by Gasteiger charge is -2.08. The average Bonchev–Trinajstić information content (AvgIpc) is 3.52. The molecule has 2 aromatic carbocycles. The molecule has 1 saturated carbocycles. The Bertz CT molecular complexity index is 1060. The standard InChI is InChI=1S/C24H23N3O3/c1-2-30-23(28)15-10-17-8-13-19(14-9-17)25-24(29)22-16-21(18-11-12-18)26-27(22)20-6-4-3-5-7-20/h3-10,13-16,18H,2,11-12H2,1H3,(H,25,29)/b15-10-. The maximum absolute atomic E-state index is 13.0. The third-order valence-electron chi connectivity index (χ3n) is 4.82. The summed E-state index contributed by atoms with van der Waals surface area (Å²) in [5.41, 5.74) is 3.83. The Balaban J connectivity index is 1.51. The second kappa shape index (κ2) is 8.78. The molecule has 1 fully saturated rings. The van der Waals surface area contributed by atoms with E-state index in [1.807, 2.05) is 48.5 Å². The molecular formula is C24H23N3O3. The first-order valence-corrected chi connectivity index (χ1v) is 10.1. The summed E-state index contributed by atoms with van der Waals surface area (Å²) in [6.07, 6.45) is 5.30. The summed E-state index contributed by atoms with van der Waals surface area (Å²) < 4.78 is 6.58. The number of hydrogen-bond acceptors (Lipinski definition) is 4. The fourth-order valence-corrected chi connectivity index (χ4v) is 3.13. The summed E-state index contributed by atoms with van der Waals surface area (Å²) in [5, 5.41) is 7.62. The van der Waals surface area contributed by atoms with Gasteiger partial charge in [-0.2, -0.15) is 5.10 Å². The van der Waals surface area contributed by atoms with Gasteiger partial charge in [0.25, 0.3) is 5.91 Å². The maximum Gasteiger partial charge on any atom is 0.330 e. The Morgan fingerprint density at radius 2 is 1.87 bits per heavy atom. The molecule has 6 nitrogen and oxygen atoms in total. The second-order valence-electron chi connectivity index (χ2n) is 7.14. The van der Waals surface area contributed by atoms with Gasteiger partial charge in [-0.1, -0.05) is 30.3 Å². The summed E-state index contributed by atoms with van der Waals surface area (Å²) in [7, 11) is 0. The number of ether oxygens (including phenoxy) is 1. The van der Waals surface area contributed by atoms with Crippen molar-refractivity contribution in [1.29, 1.82) is 0 Å². The van der Waals surface area contributed by atoms with Crippen LogP contribution in [0.1, 0.15) is 47.4 Å². The number of para-hydroxylation sites is 1. The van der Waals surface area contributed by atoms with Gasteiger partial charge in [0, 0.05) is 17.7 Å². The number of nitrogens with one attached hydrogen (secondary N) is 1. The van der Waals surface area contributed by atoms with Crippen molar-refractivity contribution in [2.24, 2.45) is 0 Å². The van der Waals surface area contributed by atoms with Crippen LogP contribution in [0, 0.1) is 0 Å². The molecule has 1 amide bonds. The van der Waals surface area contributed by atoms with Gasteiger partial charge in [-0.3, -0.25) is 4.79 Å². The zero-order valence-corrected chi connectivity index (χ0v) is 16.7. The van der Waals surface area contributed by atoms with Crippen molar-refractivity contribution in [1.82, 2.24) is 9.78 Å². The van der Waals surface area contributed by atoms with E-state index in [1.54, 1.807) is 29.8 Å². The minimum absolute atomic E-state index is 0.215. The summed E-state index contributed by atoms with van der Waals surface area (Å²) in [5.74, 6) is -0.143. The summed E-state index contributed by atoms with van der Waals surface area (Å²) in [6, 6.07) is 18.8. The normalized spacial score (nSPS) is 13.4. The highest BCUT2D eigenvalue weighted by Gasteiger charge is 2.29. The van der Waals surface area contributed by atoms with Gasteiger partial charge in [-0.25, -0.2) is 9.48 Å². The van der Waals surface area contributed by atoms with E-state index in [0.29, 0.717) is 23.9 Å². The molecular weight excluding hydrogens is 378 g/mol. The van der Waals surface area contributed by atoms with E-state index in [0.717, 1.165) is 29.8 Å². The van der Waals surface area contributed by atoms with Crippen LogP contribution in [0.2, 0.25) is 0 Å². The van der Waals surface area contributed by atoms with Crippen molar-refractivity contribution < 1.29 is 14.3 Å². The van der Waals surface area contributed by atoms with Crippen molar-refractivity contribution in [3.8, 4) is 5.69 Å². The smallest absolute Gasteiger partial charge is 0.330 e. The zero-order valence-electron chi connectivity index (χ0n) is 16.7. The first kappa shape index (κ1) is 19.6. The monoisotopic (exact) mass is 401 g/mol. The van der Waals surface area contributed by atoms with E-state index in [1.165, 1.54) is 6.08 Å². The lowest BCUT2D eigenvalue weighted by Crippen LogP contribution is -2.16. The van der Waals surface area contributed by atoms with E-state index in [4.69, 9.17) is 4.74 Å². The molecule has 3 aromatic rings. The van der Waals surface area contributed by atoms with Gasteiger partial charge in [0.15, 0.2) is 0 Å². The Morgan fingerprint density at radius 1 is 1.13 bits per heavy atom. The first-order valence-electron chi connectivity index (χ1n) is 10.1. The number of hydrogen-bond donors (Lipinski definition) is 1. The van der Waals surface area contributed by atoms with Crippen LogP contribution in [-0.2, 0) is 9.53 Å². The van der Waals surface area contributed by atoms with E-state index in [9.17, 15) is 9.59 Å². The number of benzene rings is 2. The number of aromatic nitrogens is 2. The molecule has 6 heteroatoms. The topological polar surface area (TPSA) is 73.2 Å². The molecule has 30 heavy (non-hydrogen) atoms. The molecule has 0 atom stereocenters. The molecule has 0 spiro atoms. The third kappa shape index (κ3) is 4.66. The highest BCUT2D eigenvalue weighted by molar-refractivity contribution is 6.03. The van der Waals surface area contributed by atoms with Crippen molar-refractivity contribution in [2.45, 2.75) is 25.7 Å². The summed E-state index contributed by atoms with van der Waals surface area (Å²) in [6.45, 7) is 2.11. The van der Waals surface area contributed by atoms with Gasteiger partial charge in [-0.05, 0) is 61.7 Å². The van der Waals surface area contributed by atoms with E-state index >= 15 is 0 Å². The number of carbonyl (C=O) groups is 2. The van der Waals surface area contributed by atoms with Gasteiger partial charge in [-0.15, -0.1) is 0 Å². The van der Waals surface area contributed by atoms with Crippen LogP contribution in [-0.4, -0.2) is 28.3 Å². The molecule has 0 radical (unpaired) electrons. The first-order chi connectivity index (χ1) is 14.6. The van der Waals surface area contributed by atoms with Crippen LogP contribution in [0.4, 0.5) is 5.69 Å². The molecule has 0 aliphatic heterocycles. The maximum atomic E-state index is 13.0. The van der Waals surface area contributed by atoms with Crippen molar-refractivity contribution >= 4 is 23.6 Å². The van der Waals surface area contributed by atoms with Gasteiger partial charge in [0.2, 0.25) is 0 Å². The molecule has 0 saturated heterocycles. The zero-order chi connectivity index (χ0) is 20.9. The Morgan fingerprint density at radius 3 is 2.53 bits per heavy atom. The molecule has 1 aliphatic carbocycles. The van der Waals surface area contributed by atoms with E-state index in [-0.39, 0.29) is 11.9 Å². The summed E-state index contributed by atoms with van der Waals surface area (Å²) >= 11 is 0. The van der Waals surface area contributed by atoms with Crippen LogP contribution < -0.4 is 5.32 Å². The minimum atomic E-state index is -0.379. The number of nitrogens with zero attached hydrogens (tertiary/aromatic N) is 2. The number of esters is 1. The second-order valence-corrected chi connectivity index (χ2v) is 7.14. The lowest BCUT2D eigenvalue weighted by molar-refractivity contribution is -0.137. The third-order valence-corrected chi connectivity index (χ3v) is 4.82. The van der Waals surface area contributed by atoms with E-state index < -0.39 is 0 Å². The van der Waals surface area contributed by atoms with Gasteiger partial charge >= 0.3 is 5.97 Å². The van der Waals surface area contributed by atoms with E-state index in [2.05, 4.69) is 10.4 Å². The van der Waals surface area contributed by atoms with Crippen molar-refractivity contribution in [3.05, 3.63) is 83.7 Å². The van der Waals surface area contributed by atoms with Gasteiger partial charge in [0.1, 0.15) is 5.69 Å². The number of rotatable bonds is 7. The fraction of sp³-hybridized carbons (Fsp3) is 0.208. The van der Waals surface area contributed by atoms with Gasteiger partial charge < -0.3 is 10.1 Å². The number of carbonyl (C=O) groups excluding carboxylic acids is 2. The lowest BCUT2D eigenvalue weighted by atomic mass is 10.2. The molecule has 4 rings (SSSR count). The molecule has 1 N–H and O–H groups in total. The molecule has 0 bridgehead atoms. The van der Waals surface area contributed by atoms with Crippen LogP contribution in [0.5, 0.6) is 0 Å². The van der Waals surface area contributed by atoms with Crippen molar-refractivity contribution in [3.63, 3.8) is 0 Å². The quantitative estimate of drug-likeness (QED) is 0.465. The van der Waals surface area contributed by atoms with Crippen LogP contribution in [0.25, 0.3) is 11.8 Å². The predicted molar refractivity (Wildman–Crippen MR) is 116 cm³/mol. The van der Waals surface area contributed by atoms with Crippen LogP contribution in [0.15, 0.2) is 66.7 Å². The summed E-state index contributed by atoms with van der Waals surface area (Å²) in [4.78, 5) is 24.4. The Labute approximate surface area is 175 Å². The molecule has 1 aromatic heterocycles. The average molecular weight is 401 g/mol. The molecule has 152 valence electrons. The number of anilines is 1. The Hall–Kier alpha value is -3.67. The molecule has 1 heterocycles. The van der Waals surface area contributed by atoms with Crippen LogP contribution >= 0.6 is 0 Å². The van der Waals surface area contributed by atoms with Crippen molar-refractivity contribution in [2.75, 3.05) is 11.9 Å². The SMILES string of the molecule is CCOC(=O)/C=C\c1ccc(NC(=O)c2cc(C3CC3)nn2-c2ccccc2)cc1. The van der Waals surface area contributed by atoms with Crippen LogP contribution in [0.3, 0.4) is 0 Å². The number of amides is 1. The predicted octanol–water partition coefficient (Wildman–Crippen LogP) is 4.58. The fourth-order valence-electron chi connectivity index (χ4n) is 3.13. The highest BCUT2D eigenvalue weighted by atomic mass is 16.5. The molecule has 0 unspecified atom stereocenters. The minimum Gasteiger partial charge on any atom is -0.463 e. The Kier molecular flexibility index (Phi) is 5.75.